The van der Waals surface area contributed by atoms with Crippen molar-refractivity contribution in [3.8, 4) is 28.1 Å². The SMILES string of the molecule is CC[C@H]1C[C@@H](n2c(=O)nc(-c3cnn(C)c3)c3oc4c(OC)cc(-c5cnn(C)c5)cc4c32)CCO1. The number of hydrogen-bond donors (Lipinski definition) is 0. The lowest BCUT2D eigenvalue weighted by molar-refractivity contribution is -0.00709. The lowest BCUT2D eigenvalue weighted by atomic mass is 10.00. The molecule has 1 aliphatic rings. The molecule has 5 aromatic rings. The van der Waals surface area contributed by atoms with Crippen molar-refractivity contribution in [2.24, 2.45) is 14.1 Å². The average molecular weight is 489 g/mol. The molecule has 0 aliphatic carbocycles. The quantitative estimate of drug-likeness (QED) is 0.367. The maximum Gasteiger partial charge on any atom is 0.349 e. The monoisotopic (exact) mass is 488 g/mol. The van der Waals surface area contributed by atoms with E-state index in [2.05, 4.69) is 22.1 Å². The summed E-state index contributed by atoms with van der Waals surface area (Å²) in [6, 6.07) is 3.92. The molecule has 1 aromatic carbocycles. The second-order valence-electron chi connectivity index (χ2n) is 9.33. The molecule has 0 bridgehead atoms. The van der Waals surface area contributed by atoms with Gasteiger partial charge < -0.3 is 13.9 Å². The highest BCUT2D eigenvalue weighted by Gasteiger charge is 2.29. The first-order valence-electron chi connectivity index (χ1n) is 12.1. The Labute approximate surface area is 207 Å². The van der Waals surface area contributed by atoms with Gasteiger partial charge in [0.1, 0.15) is 11.2 Å². The van der Waals surface area contributed by atoms with Gasteiger partial charge in [0.05, 0.1) is 25.6 Å². The highest BCUT2D eigenvalue weighted by molar-refractivity contribution is 6.09. The van der Waals surface area contributed by atoms with Gasteiger partial charge in [-0.2, -0.15) is 15.2 Å². The van der Waals surface area contributed by atoms with E-state index in [-0.39, 0.29) is 17.8 Å². The highest BCUT2D eigenvalue weighted by Crippen LogP contribution is 2.42. The van der Waals surface area contributed by atoms with Crippen molar-refractivity contribution in [2.45, 2.75) is 38.3 Å². The lowest BCUT2D eigenvalue weighted by Crippen LogP contribution is -2.34. The Kier molecular flexibility index (Phi) is 5.40. The second kappa shape index (κ2) is 8.63. The van der Waals surface area contributed by atoms with Crippen molar-refractivity contribution in [3.05, 3.63) is 47.4 Å². The molecule has 186 valence electrons. The molecule has 2 atom stereocenters. The predicted molar refractivity (Wildman–Crippen MR) is 135 cm³/mol. The van der Waals surface area contributed by atoms with E-state index in [1.54, 1.807) is 27.2 Å². The zero-order chi connectivity index (χ0) is 25.0. The van der Waals surface area contributed by atoms with Crippen LogP contribution in [-0.4, -0.2) is 48.9 Å². The summed E-state index contributed by atoms with van der Waals surface area (Å²) in [7, 11) is 5.33. The lowest BCUT2D eigenvalue weighted by Gasteiger charge is -2.30. The third kappa shape index (κ3) is 3.60. The molecule has 0 amide bonds. The van der Waals surface area contributed by atoms with Crippen molar-refractivity contribution in [3.63, 3.8) is 0 Å². The zero-order valence-corrected chi connectivity index (χ0v) is 20.8. The number of fused-ring (bicyclic) bond motifs is 3. The Morgan fingerprint density at radius 3 is 2.47 bits per heavy atom. The summed E-state index contributed by atoms with van der Waals surface area (Å²) in [4.78, 5) is 18.2. The first-order chi connectivity index (χ1) is 17.5. The average Bonchev–Trinajstić information content (AvgIpc) is 3.61. The number of benzene rings is 1. The van der Waals surface area contributed by atoms with Crippen LogP contribution in [0.4, 0.5) is 0 Å². The summed E-state index contributed by atoms with van der Waals surface area (Å²) in [6.07, 6.45) is 9.74. The fourth-order valence-corrected chi connectivity index (χ4v) is 5.20. The Hall–Kier alpha value is -3.92. The van der Waals surface area contributed by atoms with Crippen molar-refractivity contribution in [1.82, 2.24) is 29.1 Å². The van der Waals surface area contributed by atoms with Gasteiger partial charge in [-0.15, -0.1) is 0 Å². The van der Waals surface area contributed by atoms with Gasteiger partial charge >= 0.3 is 5.69 Å². The standard InChI is InChI=1S/C26H28N6O4/c1-5-19-10-18(6-7-35-19)32-23-20-8-15(16-11-27-30(2)13-16)9-21(34-4)24(20)36-25(23)22(29-26(32)33)17-12-28-31(3)14-17/h8-9,11-14,18-19H,5-7,10H2,1-4H3/t18-,19-/m0/s1. The molecule has 1 fully saturated rings. The van der Waals surface area contributed by atoms with Crippen LogP contribution in [0.1, 0.15) is 32.2 Å². The van der Waals surface area contributed by atoms with Crippen LogP contribution in [0.3, 0.4) is 0 Å². The first kappa shape index (κ1) is 22.5. The summed E-state index contributed by atoms with van der Waals surface area (Å²) in [5.74, 6) is 0.581. The second-order valence-corrected chi connectivity index (χ2v) is 9.33. The number of rotatable bonds is 5. The number of methoxy groups -OCH3 is 1. The Morgan fingerprint density at radius 1 is 1.06 bits per heavy atom. The minimum Gasteiger partial charge on any atom is -0.493 e. The molecule has 10 heteroatoms. The molecule has 10 nitrogen and oxygen atoms in total. The summed E-state index contributed by atoms with van der Waals surface area (Å²) in [5.41, 5.74) is 4.58. The number of aromatic nitrogens is 6. The molecule has 0 unspecified atom stereocenters. The molecule has 6 rings (SSSR count). The van der Waals surface area contributed by atoms with E-state index < -0.39 is 0 Å². The Balaban J connectivity index is 1.70. The van der Waals surface area contributed by atoms with Crippen LogP contribution in [0.2, 0.25) is 0 Å². The minimum atomic E-state index is -0.309. The van der Waals surface area contributed by atoms with Crippen LogP contribution in [0, 0.1) is 0 Å². The fraction of sp³-hybridized carbons (Fsp3) is 0.385. The van der Waals surface area contributed by atoms with Crippen molar-refractivity contribution < 1.29 is 13.9 Å². The maximum absolute atomic E-state index is 13.7. The summed E-state index contributed by atoms with van der Waals surface area (Å²) in [5, 5.41) is 9.40. The van der Waals surface area contributed by atoms with E-state index >= 15 is 0 Å². The maximum atomic E-state index is 13.7. The number of nitrogens with zero attached hydrogens (tertiary/aromatic N) is 6. The topological polar surface area (TPSA) is 102 Å². The Bertz CT molecular complexity index is 1640. The van der Waals surface area contributed by atoms with Crippen molar-refractivity contribution in [1.29, 1.82) is 0 Å². The van der Waals surface area contributed by atoms with E-state index in [0.29, 0.717) is 29.2 Å². The molecular weight excluding hydrogens is 460 g/mol. The van der Waals surface area contributed by atoms with E-state index in [0.717, 1.165) is 46.9 Å². The van der Waals surface area contributed by atoms with Gasteiger partial charge in [-0.25, -0.2) is 4.79 Å². The summed E-state index contributed by atoms with van der Waals surface area (Å²) in [6.45, 7) is 2.70. The molecule has 0 spiro atoms. The van der Waals surface area contributed by atoms with Crippen LogP contribution >= 0.6 is 0 Å². The Morgan fingerprint density at radius 2 is 1.81 bits per heavy atom. The van der Waals surface area contributed by atoms with Gasteiger partial charge in [0.2, 0.25) is 0 Å². The molecule has 5 heterocycles. The number of aryl methyl sites for hydroxylation is 2. The van der Waals surface area contributed by atoms with Gasteiger partial charge in [-0.1, -0.05) is 6.92 Å². The highest BCUT2D eigenvalue weighted by atomic mass is 16.5. The third-order valence-electron chi connectivity index (χ3n) is 7.00. The number of hydrogen-bond acceptors (Lipinski definition) is 7. The number of furan rings is 1. The van der Waals surface area contributed by atoms with E-state index in [1.165, 1.54) is 0 Å². The molecule has 0 N–H and O–H groups in total. The van der Waals surface area contributed by atoms with Gasteiger partial charge in [0.15, 0.2) is 16.9 Å². The summed E-state index contributed by atoms with van der Waals surface area (Å²) < 4.78 is 23.4. The molecular formula is C26H28N6O4. The van der Waals surface area contributed by atoms with Crippen molar-refractivity contribution in [2.75, 3.05) is 13.7 Å². The van der Waals surface area contributed by atoms with Crippen LogP contribution in [0.15, 0.2) is 46.1 Å². The van der Waals surface area contributed by atoms with E-state index in [1.807, 2.05) is 44.8 Å². The number of ether oxygens (including phenoxy) is 2. The first-order valence-corrected chi connectivity index (χ1v) is 12.1. The zero-order valence-electron chi connectivity index (χ0n) is 20.8. The van der Waals surface area contributed by atoms with Gasteiger partial charge in [-0.3, -0.25) is 13.9 Å². The van der Waals surface area contributed by atoms with Gasteiger partial charge in [0.25, 0.3) is 0 Å². The van der Waals surface area contributed by atoms with Crippen LogP contribution < -0.4 is 10.4 Å². The molecule has 4 aromatic heterocycles. The smallest absolute Gasteiger partial charge is 0.349 e. The summed E-state index contributed by atoms with van der Waals surface area (Å²) >= 11 is 0. The van der Waals surface area contributed by atoms with Crippen LogP contribution in [0.25, 0.3) is 44.5 Å². The van der Waals surface area contributed by atoms with Crippen LogP contribution in [0.5, 0.6) is 5.75 Å². The molecule has 0 radical (unpaired) electrons. The van der Waals surface area contributed by atoms with Gasteiger partial charge in [-0.05, 0) is 37.0 Å². The third-order valence-corrected chi connectivity index (χ3v) is 7.00. The largest absolute Gasteiger partial charge is 0.493 e. The van der Waals surface area contributed by atoms with Crippen LogP contribution in [-0.2, 0) is 18.8 Å². The predicted octanol–water partition coefficient (Wildman–Crippen LogP) is 4.08. The van der Waals surface area contributed by atoms with E-state index in [4.69, 9.17) is 13.9 Å². The van der Waals surface area contributed by atoms with Crippen molar-refractivity contribution >= 4 is 22.1 Å². The molecule has 0 saturated carbocycles. The van der Waals surface area contributed by atoms with Gasteiger partial charge in [0, 0.05) is 55.7 Å². The minimum absolute atomic E-state index is 0.0528. The fourth-order valence-electron chi connectivity index (χ4n) is 5.20. The normalized spacial score (nSPS) is 18.3. The molecule has 36 heavy (non-hydrogen) atoms. The molecule has 1 aliphatic heterocycles. The van der Waals surface area contributed by atoms with E-state index in [9.17, 15) is 4.79 Å². The molecule has 1 saturated heterocycles.